The average molecular weight is 411 g/mol. The molecule has 0 N–H and O–H groups in total. The molecule has 4 rings (SSSR count). The molecule has 0 bridgehead atoms. The number of benzene rings is 1. The quantitative estimate of drug-likeness (QED) is 0.591. The molecule has 1 aliphatic heterocycles. The van der Waals surface area contributed by atoms with E-state index in [0.717, 1.165) is 47.5 Å². The zero-order valence-corrected chi connectivity index (χ0v) is 17.2. The van der Waals surface area contributed by atoms with Crippen LogP contribution in [0.4, 0.5) is 5.82 Å². The summed E-state index contributed by atoms with van der Waals surface area (Å²) in [5, 5.41) is 2.88. The van der Waals surface area contributed by atoms with Gasteiger partial charge in [-0.3, -0.25) is 9.78 Å². The molecule has 1 aliphatic rings. The van der Waals surface area contributed by atoms with Gasteiger partial charge in [0, 0.05) is 31.9 Å². The van der Waals surface area contributed by atoms with Crippen LogP contribution < -0.4 is 4.90 Å². The number of nitrogens with zero attached hydrogens (tertiary/aromatic N) is 4. The first-order valence-corrected chi connectivity index (χ1v) is 11.2. The normalized spacial score (nSPS) is 14.7. The molecule has 1 aromatic carbocycles. The van der Waals surface area contributed by atoms with Gasteiger partial charge in [0.15, 0.2) is 0 Å². The molecule has 3 heterocycles. The summed E-state index contributed by atoms with van der Waals surface area (Å²) >= 11 is 3.20. The Morgan fingerprint density at radius 1 is 1.04 bits per heavy atom. The van der Waals surface area contributed by atoms with Crippen LogP contribution in [0, 0.1) is 0 Å². The molecular weight excluding hydrogens is 388 g/mol. The number of hydrogen-bond acceptors (Lipinski definition) is 6. The fraction of sp³-hybridized carbons (Fsp3) is 0.286. The van der Waals surface area contributed by atoms with Crippen molar-refractivity contribution in [2.24, 2.45) is 0 Å². The van der Waals surface area contributed by atoms with Gasteiger partial charge < -0.3 is 9.80 Å². The highest BCUT2D eigenvalue weighted by molar-refractivity contribution is 7.98. The van der Waals surface area contributed by atoms with Crippen molar-refractivity contribution in [2.75, 3.05) is 31.1 Å². The first-order chi connectivity index (χ1) is 13.8. The highest BCUT2D eigenvalue weighted by Gasteiger charge is 2.21. The first-order valence-electron chi connectivity index (χ1n) is 9.36. The zero-order chi connectivity index (χ0) is 19.2. The fourth-order valence-electron chi connectivity index (χ4n) is 3.20. The summed E-state index contributed by atoms with van der Waals surface area (Å²) in [7, 11) is 0. The lowest BCUT2D eigenvalue weighted by Gasteiger charge is -2.22. The van der Waals surface area contributed by atoms with E-state index < -0.39 is 0 Å². The summed E-state index contributed by atoms with van der Waals surface area (Å²) in [6, 6.07) is 14.2. The number of thiophene rings is 1. The SMILES string of the molecule is O=C(c1cccs1)N1CCCN(c2cncc(SCc3ccccc3)n2)CC1. The molecule has 0 atom stereocenters. The van der Waals surface area contributed by atoms with Crippen molar-refractivity contribution in [1.82, 2.24) is 14.9 Å². The second-order valence-corrected chi connectivity index (χ2v) is 8.54. The fourth-order valence-corrected chi connectivity index (χ4v) is 4.69. The van der Waals surface area contributed by atoms with Crippen LogP contribution in [-0.4, -0.2) is 47.0 Å². The Kier molecular flexibility index (Phi) is 6.24. The molecular formula is C21H22N4OS2. The van der Waals surface area contributed by atoms with E-state index in [0.29, 0.717) is 6.54 Å². The van der Waals surface area contributed by atoms with Crippen molar-refractivity contribution in [2.45, 2.75) is 17.2 Å². The number of anilines is 1. The predicted octanol–water partition coefficient (Wildman–Crippen LogP) is 4.18. The van der Waals surface area contributed by atoms with E-state index in [2.05, 4.69) is 34.1 Å². The summed E-state index contributed by atoms with van der Waals surface area (Å²) in [4.78, 5) is 26.8. The maximum atomic E-state index is 12.6. The van der Waals surface area contributed by atoms with Crippen molar-refractivity contribution < 1.29 is 4.79 Å². The second-order valence-electron chi connectivity index (χ2n) is 6.60. The number of hydrogen-bond donors (Lipinski definition) is 0. The number of rotatable bonds is 5. The maximum Gasteiger partial charge on any atom is 0.263 e. The minimum Gasteiger partial charge on any atom is -0.353 e. The Hall–Kier alpha value is -2.38. The van der Waals surface area contributed by atoms with E-state index in [4.69, 9.17) is 4.98 Å². The highest BCUT2D eigenvalue weighted by Crippen LogP contribution is 2.23. The third-order valence-electron chi connectivity index (χ3n) is 4.67. The van der Waals surface area contributed by atoms with Crippen LogP contribution in [0.5, 0.6) is 0 Å². The van der Waals surface area contributed by atoms with E-state index in [1.807, 2.05) is 40.9 Å². The molecule has 0 spiro atoms. The van der Waals surface area contributed by atoms with Crippen molar-refractivity contribution in [1.29, 1.82) is 0 Å². The van der Waals surface area contributed by atoms with Crippen LogP contribution in [0.3, 0.4) is 0 Å². The molecule has 144 valence electrons. The number of carbonyl (C=O) groups is 1. The molecule has 1 saturated heterocycles. The van der Waals surface area contributed by atoms with Gasteiger partial charge in [0.05, 0.1) is 17.3 Å². The molecule has 7 heteroatoms. The summed E-state index contributed by atoms with van der Waals surface area (Å²) in [5.41, 5.74) is 1.28. The van der Waals surface area contributed by atoms with E-state index in [-0.39, 0.29) is 5.91 Å². The summed E-state index contributed by atoms with van der Waals surface area (Å²) in [5.74, 6) is 1.90. The minimum absolute atomic E-state index is 0.134. The van der Waals surface area contributed by atoms with Gasteiger partial charge in [-0.25, -0.2) is 4.98 Å². The van der Waals surface area contributed by atoms with Gasteiger partial charge in [0.1, 0.15) is 10.8 Å². The van der Waals surface area contributed by atoms with Crippen LogP contribution in [0.15, 0.2) is 65.3 Å². The predicted molar refractivity (Wildman–Crippen MR) is 115 cm³/mol. The van der Waals surface area contributed by atoms with Gasteiger partial charge in [-0.15, -0.1) is 23.1 Å². The Labute approximate surface area is 173 Å². The van der Waals surface area contributed by atoms with Crippen LogP contribution in [0.2, 0.25) is 0 Å². The van der Waals surface area contributed by atoms with Crippen LogP contribution in [-0.2, 0) is 5.75 Å². The number of carbonyl (C=O) groups excluding carboxylic acids is 1. The molecule has 2 aromatic heterocycles. The summed E-state index contributed by atoms with van der Waals surface area (Å²) < 4.78 is 0. The monoisotopic (exact) mass is 410 g/mol. The van der Waals surface area contributed by atoms with Gasteiger partial charge in [-0.2, -0.15) is 0 Å². The van der Waals surface area contributed by atoms with Gasteiger partial charge in [0.2, 0.25) is 0 Å². The van der Waals surface area contributed by atoms with Crippen LogP contribution in [0.1, 0.15) is 21.7 Å². The Morgan fingerprint density at radius 2 is 1.93 bits per heavy atom. The number of thioether (sulfide) groups is 1. The van der Waals surface area contributed by atoms with Crippen molar-refractivity contribution >= 4 is 34.8 Å². The third kappa shape index (κ3) is 4.72. The smallest absolute Gasteiger partial charge is 0.263 e. The minimum atomic E-state index is 0.134. The number of aromatic nitrogens is 2. The molecule has 1 amide bonds. The first kappa shape index (κ1) is 19.0. The van der Waals surface area contributed by atoms with E-state index >= 15 is 0 Å². The molecule has 0 saturated carbocycles. The maximum absolute atomic E-state index is 12.6. The molecule has 0 radical (unpaired) electrons. The third-order valence-corrected chi connectivity index (χ3v) is 6.50. The number of amides is 1. The van der Waals surface area contributed by atoms with Crippen molar-refractivity contribution in [3.8, 4) is 0 Å². The average Bonchev–Trinajstić information content (AvgIpc) is 3.17. The summed E-state index contributed by atoms with van der Waals surface area (Å²) in [6.45, 7) is 3.15. The van der Waals surface area contributed by atoms with E-state index in [1.165, 1.54) is 16.9 Å². The molecule has 28 heavy (non-hydrogen) atoms. The molecule has 5 nitrogen and oxygen atoms in total. The zero-order valence-electron chi connectivity index (χ0n) is 15.5. The highest BCUT2D eigenvalue weighted by atomic mass is 32.2. The van der Waals surface area contributed by atoms with Crippen molar-refractivity contribution in [3.63, 3.8) is 0 Å². The molecule has 0 aliphatic carbocycles. The largest absolute Gasteiger partial charge is 0.353 e. The van der Waals surface area contributed by atoms with Gasteiger partial charge in [-0.05, 0) is 23.4 Å². The molecule has 3 aromatic rings. The Morgan fingerprint density at radius 3 is 2.75 bits per heavy atom. The van der Waals surface area contributed by atoms with E-state index in [9.17, 15) is 4.79 Å². The summed E-state index contributed by atoms with van der Waals surface area (Å²) in [6.07, 6.45) is 4.57. The van der Waals surface area contributed by atoms with E-state index in [1.54, 1.807) is 11.8 Å². The lowest BCUT2D eigenvalue weighted by atomic mass is 10.2. The van der Waals surface area contributed by atoms with Gasteiger partial charge in [-0.1, -0.05) is 36.4 Å². The topological polar surface area (TPSA) is 49.3 Å². The Bertz CT molecular complexity index is 902. The van der Waals surface area contributed by atoms with Crippen molar-refractivity contribution in [3.05, 3.63) is 70.7 Å². The van der Waals surface area contributed by atoms with Crippen LogP contribution >= 0.6 is 23.1 Å². The standard InChI is InChI=1S/C21H22N4OS2/c26-21(18-8-4-13-27-18)25-10-5-9-24(11-12-25)19-14-22-15-20(23-19)28-16-17-6-2-1-3-7-17/h1-4,6-8,13-15H,5,9-12,16H2. The van der Waals surface area contributed by atoms with Gasteiger partial charge in [0.25, 0.3) is 5.91 Å². The lowest BCUT2D eigenvalue weighted by molar-refractivity contribution is 0.0772. The molecule has 1 fully saturated rings. The van der Waals surface area contributed by atoms with Crippen LogP contribution in [0.25, 0.3) is 0 Å². The lowest BCUT2D eigenvalue weighted by Crippen LogP contribution is -2.35. The second kappa shape index (κ2) is 9.21. The Balaban J connectivity index is 1.38. The van der Waals surface area contributed by atoms with Gasteiger partial charge >= 0.3 is 0 Å². The molecule has 0 unspecified atom stereocenters.